The summed E-state index contributed by atoms with van der Waals surface area (Å²) in [7, 11) is 0. The molecular formula is C36H44N8O3. The molecule has 11 heteroatoms. The van der Waals surface area contributed by atoms with E-state index in [-0.39, 0.29) is 17.7 Å². The van der Waals surface area contributed by atoms with Crippen LogP contribution < -0.4 is 9.80 Å². The summed E-state index contributed by atoms with van der Waals surface area (Å²) in [6.45, 7) is 9.31. The van der Waals surface area contributed by atoms with Crippen molar-refractivity contribution in [1.29, 1.82) is 0 Å². The number of para-hydroxylation sites is 1. The number of nitrogens with one attached hydrogen (secondary N) is 1. The van der Waals surface area contributed by atoms with E-state index in [0.29, 0.717) is 28.6 Å². The maximum absolute atomic E-state index is 11.5. The number of piperazine rings is 1. The molecule has 0 unspecified atom stereocenters. The van der Waals surface area contributed by atoms with Crippen LogP contribution in [0.25, 0.3) is 22.3 Å². The molecule has 1 saturated heterocycles. The summed E-state index contributed by atoms with van der Waals surface area (Å²) in [6.07, 6.45) is 11.0. The lowest BCUT2D eigenvalue weighted by Crippen LogP contribution is -2.63. The predicted octanol–water partition coefficient (Wildman–Crippen LogP) is 5.43. The Morgan fingerprint density at radius 2 is 1.79 bits per heavy atom. The van der Waals surface area contributed by atoms with E-state index in [4.69, 9.17) is 9.97 Å². The Labute approximate surface area is 275 Å². The number of carboxylic acids is 1. The van der Waals surface area contributed by atoms with Gasteiger partial charge in [0.1, 0.15) is 5.75 Å². The fourth-order valence-electron chi connectivity index (χ4n) is 9.41. The van der Waals surface area contributed by atoms with Crippen LogP contribution in [0, 0.1) is 17.3 Å². The van der Waals surface area contributed by atoms with Crippen molar-refractivity contribution in [3.8, 4) is 17.0 Å². The minimum Gasteiger partial charge on any atom is -0.507 e. The van der Waals surface area contributed by atoms with Crippen molar-refractivity contribution >= 4 is 28.6 Å². The molecule has 8 rings (SSSR count). The lowest BCUT2D eigenvalue weighted by atomic mass is 9.49. The van der Waals surface area contributed by atoms with Crippen LogP contribution in [0.5, 0.6) is 5.75 Å². The minimum absolute atomic E-state index is 0.0415. The molecule has 0 amide bonds. The summed E-state index contributed by atoms with van der Waals surface area (Å²) in [6, 6.07) is 9.90. The van der Waals surface area contributed by atoms with Crippen LogP contribution in [0.2, 0.25) is 0 Å². The van der Waals surface area contributed by atoms with Crippen LogP contribution in [0.1, 0.15) is 69.7 Å². The number of hydrogen-bond acceptors (Lipinski definition) is 9. The topological polar surface area (TPSA) is 135 Å². The van der Waals surface area contributed by atoms with Crippen LogP contribution >= 0.6 is 0 Å². The summed E-state index contributed by atoms with van der Waals surface area (Å²) in [5, 5.41) is 29.7. The molecule has 5 heterocycles. The highest BCUT2D eigenvalue weighted by Gasteiger charge is 2.55. The quantitative estimate of drug-likeness (QED) is 0.252. The normalized spacial score (nSPS) is 28.0. The van der Waals surface area contributed by atoms with Crippen molar-refractivity contribution in [1.82, 2.24) is 30.0 Å². The van der Waals surface area contributed by atoms with Crippen LogP contribution in [0.15, 0.2) is 42.7 Å². The fraction of sp³-hybridized carbons (Fsp3) is 0.528. The molecule has 3 aromatic heterocycles. The fourth-order valence-corrected chi connectivity index (χ4v) is 9.41. The third-order valence-electron chi connectivity index (χ3n) is 12.0. The Kier molecular flexibility index (Phi) is 7.54. The highest BCUT2D eigenvalue weighted by atomic mass is 16.4. The van der Waals surface area contributed by atoms with Crippen molar-refractivity contribution in [3.05, 3.63) is 54.0 Å². The molecule has 1 aromatic carbocycles. The lowest BCUT2D eigenvalue weighted by molar-refractivity contribution is -0.149. The van der Waals surface area contributed by atoms with Gasteiger partial charge in [-0.3, -0.25) is 9.69 Å². The second-order valence-corrected chi connectivity index (χ2v) is 14.2. The molecule has 3 N–H and O–H groups in total. The van der Waals surface area contributed by atoms with Gasteiger partial charge in [-0.05, 0) is 68.6 Å². The van der Waals surface area contributed by atoms with Crippen molar-refractivity contribution < 1.29 is 15.0 Å². The molecule has 47 heavy (non-hydrogen) atoms. The molecule has 11 nitrogen and oxygen atoms in total. The number of H-pyrrole nitrogens is 1. The molecule has 3 fully saturated rings. The van der Waals surface area contributed by atoms with Crippen molar-refractivity contribution in [2.45, 2.75) is 70.9 Å². The van der Waals surface area contributed by atoms with E-state index in [9.17, 15) is 15.0 Å². The van der Waals surface area contributed by atoms with Crippen molar-refractivity contribution in [2.75, 3.05) is 42.5 Å². The van der Waals surface area contributed by atoms with Gasteiger partial charge in [0, 0.05) is 67.4 Å². The third kappa shape index (κ3) is 5.10. The van der Waals surface area contributed by atoms with E-state index < -0.39 is 5.97 Å². The van der Waals surface area contributed by atoms with E-state index in [1.54, 1.807) is 12.1 Å². The molecule has 4 aromatic rings. The second kappa shape index (κ2) is 11.8. The zero-order valence-corrected chi connectivity index (χ0v) is 27.3. The molecule has 4 aliphatic rings. The highest BCUT2D eigenvalue weighted by molar-refractivity contribution is 5.86. The molecule has 3 atom stereocenters. The Bertz CT molecular complexity index is 1770. The maximum atomic E-state index is 11.5. The lowest BCUT2D eigenvalue weighted by Gasteiger charge is -2.61. The number of carbonyl (C=O) groups is 1. The standard InChI is InChI=1S/C36H44N8O3/c1-3-27-30(19-36(27)11-8-23(9-12-36)34(46)47)43-16-14-42(15-17-43)24-20-37-35(38-21-24)44-13-10-28-32(22(44)2)26-18-29(40-41-33(26)39-28)25-6-4-5-7-31(25)45/h4-7,18,20-23,27,30,45H,3,8-17,19H2,1-2H3,(H,39,41)(H,46,47)/t22-,23?,27+,30-,36?/m1/s1. The number of phenolic OH excluding ortho intramolecular Hbond substituents is 1. The number of aliphatic carboxylic acids is 1. The van der Waals surface area contributed by atoms with Gasteiger partial charge in [-0.25, -0.2) is 9.97 Å². The molecule has 2 aliphatic heterocycles. The number of hydrogen-bond donors (Lipinski definition) is 3. The van der Waals surface area contributed by atoms with Gasteiger partial charge in [-0.15, -0.1) is 10.2 Å². The smallest absolute Gasteiger partial charge is 0.306 e. The summed E-state index contributed by atoms with van der Waals surface area (Å²) in [5.41, 5.74) is 5.85. The zero-order valence-electron chi connectivity index (χ0n) is 27.3. The van der Waals surface area contributed by atoms with Gasteiger partial charge < -0.3 is 25.0 Å². The Hall–Kier alpha value is -4.25. The number of anilines is 2. The number of aromatic amines is 1. The number of aromatic nitrogens is 5. The zero-order chi connectivity index (χ0) is 32.3. The van der Waals surface area contributed by atoms with Crippen molar-refractivity contribution in [2.24, 2.45) is 17.3 Å². The SMILES string of the molecule is CC[C@H]1[C@H](N2CCN(c3cnc(N4CCc5[nH]c6nnc(-c7ccccc7O)cc6c5[C@H]4C)nc3)CC2)CC12CCC(C(=O)O)CC2. The monoisotopic (exact) mass is 636 g/mol. The number of carboxylic acid groups (broad SMARTS) is 1. The number of phenols is 1. The maximum Gasteiger partial charge on any atom is 0.306 e. The molecule has 2 aliphatic carbocycles. The Morgan fingerprint density at radius 3 is 2.49 bits per heavy atom. The van der Waals surface area contributed by atoms with E-state index in [1.807, 2.05) is 30.6 Å². The largest absolute Gasteiger partial charge is 0.507 e. The second-order valence-electron chi connectivity index (χ2n) is 14.2. The summed E-state index contributed by atoms with van der Waals surface area (Å²) < 4.78 is 0. The van der Waals surface area contributed by atoms with E-state index in [1.165, 1.54) is 18.4 Å². The third-order valence-corrected chi connectivity index (χ3v) is 12.0. The number of benzene rings is 1. The molecule has 0 radical (unpaired) electrons. The number of aromatic hydroxyl groups is 1. The van der Waals surface area contributed by atoms with Crippen LogP contribution in [-0.2, 0) is 11.2 Å². The van der Waals surface area contributed by atoms with E-state index in [2.05, 4.69) is 43.7 Å². The molecule has 1 spiro atoms. The van der Waals surface area contributed by atoms with Gasteiger partial charge in [-0.1, -0.05) is 25.5 Å². The molecule has 2 saturated carbocycles. The number of rotatable bonds is 6. The number of nitrogens with zero attached hydrogens (tertiary/aromatic N) is 7. The molecular weight excluding hydrogens is 592 g/mol. The Morgan fingerprint density at radius 1 is 1.04 bits per heavy atom. The summed E-state index contributed by atoms with van der Waals surface area (Å²) >= 11 is 0. The summed E-state index contributed by atoms with van der Waals surface area (Å²) in [4.78, 5) is 32.1. The van der Waals surface area contributed by atoms with Gasteiger partial charge in [0.25, 0.3) is 0 Å². The van der Waals surface area contributed by atoms with Crippen molar-refractivity contribution in [3.63, 3.8) is 0 Å². The Balaban J connectivity index is 0.922. The van der Waals surface area contributed by atoms with Gasteiger partial charge in [0.2, 0.25) is 5.95 Å². The number of fused-ring (bicyclic) bond motifs is 3. The molecule has 0 bridgehead atoms. The van der Waals surface area contributed by atoms with Gasteiger partial charge >= 0.3 is 5.97 Å². The van der Waals surface area contributed by atoms with Gasteiger partial charge in [-0.2, -0.15) is 0 Å². The van der Waals surface area contributed by atoms with E-state index in [0.717, 1.165) is 93.2 Å². The van der Waals surface area contributed by atoms with Gasteiger partial charge in [0.15, 0.2) is 5.65 Å². The first-order valence-electron chi connectivity index (χ1n) is 17.3. The first kappa shape index (κ1) is 30.1. The summed E-state index contributed by atoms with van der Waals surface area (Å²) in [5.74, 6) is 0.845. The predicted molar refractivity (Wildman–Crippen MR) is 180 cm³/mol. The molecule has 246 valence electrons. The van der Waals surface area contributed by atoms with Gasteiger partial charge in [0.05, 0.1) is 35.7 Å². The van der Waals surface area contributed by atoms with Crippen LogP contribution in [0.3, 0.4) is 0 Å². The first-order valence-corrected chi connectivity index (χ1v) is 17.3. The van der Waals surface area contributed by atoms with Crippen LogP contribution in [-0.4, -0.2) is 85.0 Å². The average Bonchev–Trinajstić information content (AvgIpc) is 3.47. The van der Waals surface area contributed by atoms with E-state index >= 15 is 0 Å². The highest BCUT2D eigenvalue weighted by Crippen LogP contribution is 2.59. The first-order chi connectivity index (χ1) is 22.8. The average molecular weight is 637 g/mol. The minimum atomic E-state index is -0.610. The van der Waals surface area contributed by atoms with Crippen LogP contribution in [0.4, 0.5) is 11.6 Å².